The van der Waals surface area contributed by atoms with Gasteiger partial charge in [-0.15, -0.1) is 0 Å². The minimum absolute atomic E-state index is 0.119. The highest BCUT2D eigenvalue weighted by atomic mass is 35.5. The van der Waals surface area contributed by atoms with Gasteiger partial charge in [0.1, 0.15) is 5.75 Å². The molecule has 0 atom stereocenters. The molecule has 0 spiro atoms. The molecule has 1 saturated heterocycles. The molecule has 0 bridgehead atoms. The van der Waals surface area contributed by atoms with Crippen molar-refractivity contribution in [2.24, 2.45) is 0 Å². The Bertz CT molecular complexity index is 798. The van der Waals surface area contributed by atoms with Crippen molar-refractivity contribution < 1.29 is 9.53 Å². The van der Waals surface area contributed by atoms with Crippen LogP contribution in [0.4, 0.5) is 10.5 Å². The Kier molecular flexibility index (Phi) is 6.34. The van der Waals surface area contributed by atoms with Gasteiger partial charge in [-0.3, -0.25) is 0 Å². The number of nitrogens with one attached hydrogen (secondary N) is 1. The van der Waals surface area contributed by atoms with E-state index < -0.39 is 0 Å². The highest BCUT2D eigenvalue weighted by Gasteiger charge is 2.21. The number of aryl methyl sites for hydroxylation is 2. The lowest BCUT2D eigenvalue weighted by atomic mass is 10.1. The van der Waals surface area contributed by atoms with Crippen molar-refractivity contribution >= 4 is 34.9 Å². The van der Waals surface area contributed by atoms with Crippen LogP contribution in [0.5, 0.6) is 5.75 Å². The average molecular weight is 408 g/mol. The van der Waals surface area contributed by atoms with E-state index in [1.807, 2.05) is 50.2 Å². The van der Waals surface area contributed by atoms with Gasteiger partial charge in [0.05, 0.1) is 0 Å². The fraction of sp³-hybridized carbons (Fsp3) is 0.350. The molecule has 0 unspecified atom stereocenters. The van der Waals surface area contributed by atoms with Gasteiger partial charge in [0.25, 0.3) is 0 Å². The molecule has 1 heterocycles. The third-order valence-electron chi connectivity index (χ3n) is 4.61. The van der Waals surface area contributed by atoms with E-state index in [9.17, 15) is 4.79 Å². The predicted octanol–water partition coefficient (Wildman–Crippen LogP) is 4.48. The summed E-state index contributed by atoms with van der Waals surface area (Å²) in [5.41, 5.74) is 2.99. The number of rotatable bonds is 4. The lowest BCUT2D eigenvalue weighted by Gasteiger charge is -2.36. The van der Waals surface area contributed by atoms with E-state index in [1.165, 1.54) is 0 Å². The van der Waals surface area contributed by atoms with Crippen LogP contribution in [0, 0.1) is 13.8 Å². The zero-order chi connectivity index (χ0) is 19.4. The molecule has 1 aliphatic rings. The SMILES string of the molecule is Cc1cc(OCNC(=O)N2CCN(c3cccc(Cl)c3)CC2)cc(C)c1Cl. The molecule has 144 valence electrons. The molecule has 0 radical (unpaired) electrons. The molecule has 3 rings (SSSR count). The number of carbonyl (C=O) groups is 1. The zero-order valence-electron chi connectivity index (χ0n) is 15.5. The number of hydrogen-bond acceptors (Lipinski definition) is 3. The lowest BCUT2D eigenvalue weighted by Crippen LogP contribution is -2.52. The molecule has 2 amide bonds. The number of piperazine rings is 1. The second-order valence-corrected chi connectivity index (χ2v) is 7.41. The Morgan fingerprint density at radius 2 is 1.74 bits per heavy atom. The zero-order valence-corrected chi connectivity index (χ0v) is 17.0. The van der Waals surface area contributed by atoms with Gasteiger partial charge in [-0.2, -0.15) is 0 Å². The van der Waals surface area contributed by atoms with E-state index in [4.69, 9.17) is 27.9 Å². The number of carbonyl (C=O) groups excluding carboxylic acids is 1. The molecule has 0 aliphatic carbocycles. The minimum Gasteiger partial charge on any atom is -0.473 e. The standard InChI is InChI=1S/C20H23Cl2N3O2/c1-14-10-18(11-15(2)19(14)22)27-13-23-20(26)25-8-6-24(7-9-25)17-5-3-4-16(21)12-17/h3-5,10-12H,6-9,13H2,1-2H3,(H,23,26). The van der Waals surface area contributed by atoms with Gasteiger partial charge >= 0.3 is 6.03 Å². The van der Waals surface area contributed by atoms with Crippen LogP contribution in [0.1, 0.15) is 11.1 Å². The maximum Gasteiger partial charge on any atom is 0.320 e. The Morgan fingerprint density at radius 3 is 2.37 bits per heavy atom. The molecule has 1 N–H and O–H groups in total. The molecule has 1 fully saturated rings. The van der Waals surface area contributed by atoms with E-state index in [-0.39, 0.29) is 12.8 Å². The molecule has 27 heavy (non-hydrogen) atoms. The van der Waals surface area contributed by atoms with Gasteiger partial charge in [0, 0.05) is 41.9 Å². The third-order valence-corrected chi connectivity index (χ3v) is 5.44. The van der Waals surface area contributed by atoms with E-state index in [0.29, 0.717) is 18.8 Å². The first-order valence-corrected chi connectivity index (χ1v) is 9.62. The molecule has 0 aromatic heterocycles. The molecular formula is C20H23Cl2N3O2. The Morgan fingerprint density at radius 1 is 1.07 bits per heavy atom. The number of halogens is 2. The van der Waals surface area contributed by atoms with Crippen LogP contribution >= 0.6 is 23.2 Å². The van der Waals surface area contributed by atoms with E-state index in [1.54, 1.807) is 4.90 Å². The highest BCUT2D eigenvalue weighted by molar-refractivity contribution is 6.32. The van der Waals surface area contributed by atoms with Crippen LogP contribution in [0.25, 0.3) is 0 Å². The second kappa shape index (κ2) is 8.72. The van der Waals surface area contributed by atoms with E-state index in [0.717, 1.165) is 39.9 Å². The molecular weight excluding hydrogens is 385 g/mol. The highest BCUT2D eigenvalue weighted by Crippen LogP contribution is 2.25. The van der Waals surface area contributed by atoms with Crippen molar-refractivity contribution in [1.29, 1.82) is 0 Å². The quantitative estimate of drug-likeness (QED) is 0.759. The number of benzene rings is 2. The average Bonchev–Trinajstić information content (AvgIpc) is 2.66. The van der Waals surface area contributed by atoms with Crippen molar-refractivity contribution in [3.8, 4) is 5.75 Å². The summed E-state index contributed by atoms with van der Waals surface area (Å²) >= 11 is 12.2. The molecule has 7 heteroatoms. The minimum atomic E-state index is -0.122. The summed E-state index contributed by atoms with van der Waals surface area (Å²) in [5.74, 6) is 0.695. The Balaban J connectivity index is 1.46. The number of urea groups is 1. The summed E-state index contributed by atoms with van der Waals surface area (Å²) in [5, 5.41) is 4.27. The van der Waals surface area contributed by atoms with Gasteiger partial charge in [0.15, 0.2) is 6.73 Å². The van der Waals surface area contributed by atoms with Crippen molar-refractivity contribution in [3.63, 3.8) is 0 Å². The van der Waals surface area contributed by atoms with Gasteiger partial charge in [-0.05, 0) is 55.3 Å². The summed E-state index contributed by atoms with van der Waals surface area (Å²) < 4.78 is 5.65. The van der Waals surface area contributed by atoms with Crippen molar-refractivity contribution in [2.75, 3.05) is 37.8 Å². The van der Waals surface area contributed by atoms with Gasteiger partial charge in [-0.25, -0.2) is 4.79 Å². The maximum atomic E-state index is 12.3. The van der Waals surface area contributed by atoms with Crippen molar-refractivity contribution in [1.82, 2.24) is 10.2 Å². The number of ether oxygens (including phenoxy) is 1. The van der Waals surface area contributed by atoms with Crippen LogP contribution < -0.4 is 15.0 Å². The maximum absolute atomic E-state index is 12.3. The normalized spacial score (nSPS) is 14.2. The van der Waals surface area contributed by atoms with Crippen LogP contribution in [0.15, 0.2) is 36.4 Å². The van der Waals surface area contributed by atoms with Crippen molar-refractivity contribution in [2.45, 2.75) is 13.8 Å². The third kappa shape index (κ3) is 4.99. The summed E-state index contributed by atoms with van der Waals surface area (Å²) in [6.45, 7) is 6.82. The van der Waals surface area contributed by atoms with Crippen LogP contribution in [-0.2, 0) is 0 Å². The molecule has 5 nitrogen and oxygen atoms in total. The summed E-state index contributed by atoms with van der Waals surface area (Å²) in [7, 11) is 0. The Hall–Kier alpha value is -2.11. The van der Waals surface area contributed by atoms with Crippen LogP contribution in [-0.4, -0.2) is 43.8 Å². The summed E-state index contributed by atoms with van der Waals surface area (Å²) in [6.07, 6.45) is 0. The summed E-state index contributed by atoms with van der Waals surface area (Å²) in [6, 6.07) is 11.4. The summed E-state index contributed by atoms with van der Waals surface area (Å²) in [4.78, 5) is 16.4. The first kappa shape index (κ1) is 19.6. The number of nitrogens with zero attached hydrogens (tertiary/aromatic N) is 2. The second-order valence-electron chi connectivity index (χ2n) is 6.60. The molecule has 1 aliphatic heterocycles. The number of amides is 2. The topological polar surface area (TPSA) is 44.8 Å². The fourth-order valence-electron chi connectivity index (χ4n) is 3.12. The lowest BCUT2D eigenvalue weighted by molar-refractivity contribution is 0.181. The predicted molar refractivity (Wildman–Crippen MR) is 110 cm³/mol. The number of hydrogen-bond donors (Lipinski definition) is 1. The van der Waals surface area contributed by atoms with Gasteiger partial charge < -0.3 is 19.9 Å². The van der Waals surface area contributed by atoms with Gasteiger partial charge in [-0.1, -0.05) is 29.3 Å². The molecule has 2 aromatic carbocycles. The Labute approximate surface area is 169 Å². The monoisotopic (exact) mass is 407 g/mol. The van der Waals surface area contributed by atoms with Crippen LogP contribution in [0.2, 0.25) is 10.0 Å². The first-order chi connectivity index (χ1) is 12.9. The first-order valence-electron chi connectivity index (χ1n) is 8.87. The fourth-order valence-corrected chi connectivity index (χ4v) is 3.42. The molecule has 0 saturated carbocycles. The van der Waals surface area contributed by atoms with E-state index in [2.05, 4.69) is 10.2 Å². The number of anilines is 1. The largest absolute Gasteiger partial charge is 0.473 e. The van der Waals surface area contributed by atoms with Crippen molar-refractivity contribution in [3.05, 3.63) is 57.6 Å². The van der Waals surface area contributed by atoms with Crippen LogP contribution in [0.3, 0.4) is 0 Å². The molecule has 2 aromatic rings. The van der Waals surface area contributed by atoms with E-state index >= 15 is 0 Å². The smallest absolute Gasteiger partial charge is 0.320 e. The van der Waals surface area contributed by atoms with Gasteiger partial charge in [0.2, 0.25) is 0 Å².